The van der Waals surface area contributed by atoms with Gasteiger partial charge in [0.15, 0.2) is 0 Å². The average Bonchev–Trinajstić information content (AvgIpc) is 2.16. The number of carboxylic acid groups (broad SMARTS) is 1. The third-order valence-corrected chi connectivity index (χ3v) is 1.89. The minimum absolute atomic E-state index is 0.306. The van der Waals surface area contributed by atoms with Crippen LogP contribution in [0.25, 0.3) is 6.08 Å². The van der Waals surface area contributed by atoms with E-state index in [9.17, 15) is 9.59 Å². The molecule has 0 unspecified atom stereocenters. The topological polar surface area (TPSA) is 63.6 Å². The maximum atomic E-state index is 10.7. The van der Waals surface area contributed by atoms with Gasteiger partial charge in [-0.3, -0.25) is 4.79 Å². The molecular weight excluding hydrogens is 232 g/mol. The number of carboxylic acids is 1. The van der Waals surface area contributed by atoms with E-state index >= 15 is 0 Å². The molecule has 0 aromatic heterocycles. The molecule has 0 amide bonds. The molecule has 0 aliphatic rings. The van der Waals surface area contributed by atoms with Crippen LogP contribution in [0.3, 0.4) is 0 Å². The largest absolute Gasteiger partial charge is 0.477 e. The molecule has 4 nitrogen and oxygen atoms in total. The van der Waals surface area contributed by atoms with Gasteiger partial charge in [-0.1, -0.05) is 23.7 Å². The van der Waals surface area contributed by atoms with Gasteiger partial charge in [-0.05, 0) is 23.8 Å². The van der Waals surface area contributed by atoms with Gasteiger partial charge in [-0.25, -0.2) is 4.79 Å². The first-order valence-corrected chi connectivity index (χ1v) is 4.76. The van der Waals surface area contributed by atoms with E-state index < -0.39 is 11.9 Å². The summed E-state index contributed by atoms with van der Waals surface area (Å²) < 4.78 is 4.84. The fraction of sp³-hybridized carbons (Fsp3) is 0.0909. The fourth-order valence-corrected chi connectivity index (χ4v) is 1.17. The van der Waals surface area contributed by atoms with Gasteiger partial charge in [-0.2, -0.15) is 0 Å². The highest BCUT2D eigenvalue weighted by molar-refractivity contribution is 6.42. The lowest BCUT2D eigenvalue weighted by molar-refractivity contribution is -0.132. The second-order valence-electron chi connectivity index (χ2n) is 2.96. The molecule has 0 saturated heterocycles. The highest BCUT2D eigenvalue weighted by Crippen LogP contribution is 2.17. The number of carbonyl (C=O) groups excluding carboxylic acids is 1. The number of hydrogen-bond donors (Lipinski definition) is 1. The Hall–Kier alpha value is -1.81. The van der Waals surface area contributed by atoms with Crippen molar-refractivity contribution in [1.29, 1.82) is 0 Å². The Morgan fingerprint density at radius 2 is 2.12 bits per heavy atom. The van der Waals surface area contributed by atoms with Crippen LogP contribution in [0.4, 0.5) is 0 Å². The zero-order valence-electron chi connectivity index (χ0n) is 8.44. The van der Waals surface area contributed by atoms with Crippen LogP contribution in [0.2, 0.25) is 0 Å². The van der Waals surface area contributed by atoms with Gasteiger partial charge < -0.3 is 9.84 Å². The second kappa shape index (κ2) is 5.32. The summed E-state index contributed by atoms with van der Waals surface area (Å²) in [5.74, 6) is -1.30. The van der Waals surface area contributed by atoms with Gasteiger partial charge in [0.05, 0.1) is 0 Å². The van der Waals surface area contributed by atoms with Crippen LogP contribution in [0, 0.1) is 0 Å². The van der Waals surface area contributed by atoms with E-state index in [1.165, 1.54) is 19.1 Å². The molecule has 0 aliphatic carbocycles. The SMILES string of the molecule is CC(=O)Oc1cccc(C=C(Cl)C(=O)O)c1. The number of benzene rings is 1. The van der Waals surface area contributed by atoms with Crippen LogP contribution in [0.15, 0.2) is 29.3 Å². The lowest BCUT2D eigenvalue weighted by atomic mass is 10.2. The molecular formula is C11H9ClO4. The molecule has 0 aliphatic heterocycles. The summed E-state index contributed by atoms with van der Waals surface area (Å²) in [6, 6.07) is 6.40. The van der Waals surface area contributed by atoms with Crippen molar-refractivity contribution in [3.8, 4) is 5.75 Å². The third kappa shape index (κ3) is 3.74. The minimum Gasteiger partial charge on any atom is -0.477 e. The van der Waals surface area contributed by atoms with E-state index in [2.05, 4.69) is 0 Å². The maximum Gasteiger partial charge on any atom is 0.347 e. The van der Waals surface area contributed by atoms with Crippen molar-refractivity contribution in [2.24, 2.45) is 0 Å². The average molecular weight is 241 g/mol. The lowest BCUT2D eigenvalue weighted by Crippen LogP contribution is -2.01. The van der Waals surface area contributed by atoms with E-state index in [4.69, 9.17) is 21.4 Å². The monoisotopic (exact) mass is 240 g/mol. The molecule has 0 atom stereocenters. The summed E-state index contributed by atoms with van der Waals surface area (Å²) >= 11 is 5.46. The van der Waals surface area contributed by atoms with Crippen LogP contribution < -0.4 is 4.74 Å². The Morgan fingerprint density at radius 3 is 2.69 bits per heavy atom. The number of esters is 1. The van der Waals surface area contributed by atoms with Crippen molar-refractivity contribution in [2.45, 2.75) is 6.92 Å². The Bertz CT molecular complexity index is 451. The highest BCUT2D eigenvalue weighted by atomic mass is 35.5. The molecule has 16 heavy (non-hydrogen) atoms. The second-order valence-corrected chi connectivity index (χ2v) is 3.37. The molecule has 5 heteroatoms. The molecule has 1 aromatic rings. The van der Waals surface area contributed by atoms with Gasteiger partial charge >= 0.3 is 11.9 Å². The Kier molecular flexibility index (Phi) is 4.08. The van der Waals surface area contributed by atoms with Gasteiger partial charge in [0.25, 0.3) is 0 Å². The van der Waals surface area contributed by atoms with Crippen molar-refractivity contribution < 1.29 is 19.4 Å². The molecule has 0 spiro atoms. The number of ether oxygens (including phenoxy) is 1. The van der Waals surface area contributed by atoms with Gasteiger partial charge in [0, 0.05) is 6.92 Å². The molecule has 0 radical (unpaired) electrons. The lowest BCUT2D eigenvalue weighted by Gasteiger charge is -2.01. The zero-order chi connectivity index (χ0) is 12.1. The molecule has 0 fully saturated rings. The van der Waals surface area contributed by atoms with Crippen LogP contribution in [0.1, 0.15) is 12.5 Å². The van der Waals surface area contributed by atoms with E-state index in [-0.39, 0.29) is 5.03 Å². The Labute approximate surface area is 97.1 Å². The number of halogens is 1. The molecule has 84 valence electrons. The van der Waals surface area contributed by atoms with E-state index in [0.717, 1.165) is 0 Å². The Balaban J connectivity index is 2.94. The molecule has 0 heterocycles. The molecule has 1 aromatic carbocycles. The number of aliphatic carboxylic acids is 1. The standard InChI is InChI=1S/C11H9ClO4/c1-7(13)16-9-4-2-3-8(5-9)6-10(12)11(14)15/h2-6H,1H3,(H,14,15). The van der Waals surface area contributed by atoms with Crippen LogP contribution >= 0.6 is 11.6 Å². The third-order valence-electron chi connectivity index (χ3n) is 1.62. The summed E-state index contributed by atoms with van der Waals surface area (Å²) in [4.78, 5) is 21.2. The number of carbonyl (C=O) groups is 2. The first-order valence-electron chi connectivity index (χ1n) is 4.38. The van der Waals surface area contributed by atoms with Crippen molar-refractivity contribution >= 4 is 29.6 Å². The summed E-state index contributed by atoms with van der Waals surface area (Å²) in [5, 5.41) is 8.27. The molecule has 0 bridgehead atoms. The molecule has 0 saturated carbocycles. The van der Waals surface area contributed by atoms with Gasteiger partial charge in [-0.15, -0.1) is 0 Å². The van der Waals surface area contributed by atoms with Crippen molar-refractivity contribution in [2.75, 3.05) is 0 Å². The van der Waals surface area contributed by atoms with E-state index in [0.29, 0.717) is 11.3 Å². The van der Waals surface area contributed by atoms with Crippen molar-refractivity contribution in [1.82, 2.24) is 0 Å². The summed E-state index contributed by atoms with van der Waals surface area (Å²) in [5.41, 5.74) is 0.547. The summed E-state index contributed by atoms with van der Waals surface area (Å²) in [7, 11) is 0. The number of hydrogen-bond acceptors (Lipinski definition) is 3. The van der Waals surface area contributed by atoms with Crippen molar-refractivity contribution in [3.63, 3.8) is 0 Å². The minimum atomic E-state index is -1.21. The summed E-state index contributed by atoms with van der Waals surface area (Å²) in [6.45, 7) is 1.28. The first kappa shape index (κ1) is 12.3. The number of rotatable bonds is 3. The van der Waals surface area contributed by atoms with E-state index in [1.54, 1.807) is 18.2 Å². The predicted octanol–water partition coefficient (Wildman–Crippen LogP) is 2.28. The van der Waals surface area contributed by atoms with E-state index in [1.807, 2.05) is 0 Å². The Morgan fingerprint density at radius 1 is 1.44 bits per heavy atom. The zero-order valence-corrected chi connectivity index (χ0v) is 9.19. The molecule has 1 N–H and O–H groups in total. The van der Waals surface area contributed by atoms with Crippen LogP contribution in [0.5, 0.6) is 5.75 Å². The van der Waals surface area contributed by atoms with Crippen LogP contribution in [-0.2, 0) is 9.59 Å². The van der Waals surface area contributed by atoms with Gasteiger partial charge in [0.1, 0.15) is 10.8 Å². The quantitative estimate of drug-likeness (QED) is 0.500. The maximum absolute atomic E-state index is 10.7. The molecule has 1 rings (SSSR count). The van der Waals surface area contributed by atoms with Crippen molar-refractivity contribution in [3.05, 3.63) is 34.9 Å². The van der Waals surface area contributed by atoms with Crippen LogP contribution in [-0.4, -0.2) is 17.0 Å². The normalized spacial score (nSPS) is 11.0. The fourth-order valence-electron chi connectivity index (χ4n) is 1.04. The van der Waals surface area contributed by atoms with Gasteiger partial charge in [0.2, 0.25) is 0 Å². The first-order chi connectivity index (χ1) is 7.49. The smallest absolute Gasteiger partial charge is 0.347 e. The predicted molar refractivity (Wildman–Crippen MR) is 59.2 cm³/mol. The highest BCUT2D eigenvalue weighted by Gasteiger charge is 2.04. The summed E-state index contributed by atoms with van der Waals surface area (Å²) in [6.07, 6.45) is 1.27.